The van der Waals surface area contributed by atoms with Gasteiger partial charge in [-0.2, -0.15) is 0 Å². The fraction of sp³-hybridized carbons (Fsp3) is 0.222. The molecule has 1 aliphatic rings. The predicted octanol–water partition coefficient (Wildman–Crippen LogP) is 1.26. The lowest BCUT2D eigenvalue weighted by atomic mass is 9.77. The molecule has 13 heavy (non-hydrogen) atoms. The van der Waals surface area contributed by atoms with Crippen LogP contribution in [0.25, 0.3) is 0 Å². The second-order valence-corrected chi connectivity index (χ2v) is 3.10. The quantitative estimate of drug-likeness (QED) is 0.687. The Kier molecular flexibility index (Phi) is 1.52. The topological polar surface area (TPSA) is 57.5 Å². The van der Waals surface area contributed by atoms with E-state index in [1.165, 1.54) is 12.1 Å². The molecule has 2 N–H and O–H groups in total. The minimum atomic E-state index is -0.932. The maximum Gasteiger partial charge on any atom is 0.311 e. The van der Waals surface area contributed by atoms with E-state index in [1.54, 1.807) is 0 Å². The molecular formula is C9H7FO3. The number of carboxylic acid groups (broad SMARTS) is 1. The van der Waals surface area contributed by atoms with Crippen molar-refractivity contribution in [2.75, 3.05) is 0 Å². The Labute approximate surface area is 73.4 Å². The largest absolute Gasteiger partial charge is 0.505 e. The third kappa shape index (κ3) is 1.06. The molecule has 0 amide bonds. The van der Waals surface area contributed by atoms with Gasteiger partial charge in [-0.05, 0) is 29.7 Å². The zero-order valence-electron chi connectivity index (χ0n) is 6.62. The van der Waals surface area contributed by atoms with Crippen LogP contribution in [0.5, 0.6) is 5.75 Å². The van der Waals surface area contributed by atoms with Crippen LogP contribution in [0.3, 0.4) is 0 Å². The first-order valence-electron chi connectivity index (χ1n) is 3.83. The van der Waals surface area contributed by atoms with Gasteiger partial charge in [0.05, 0.1) is 5.92 Å². The van der Waals surface area contributed by atoms with Crippen LogP contribution in [-0.4, -0.2) is 16.2 Å². The third-order valence-electron chi connectivity index (χ3n) is 2.31. The Morgan fingerprint density at radius 1 is 1.54 bits per heavy atom. The minimum absolute atomic E-state index is 0.349. The maximum absolute atomic E-state index is 12.7. The molecule has 1 aromatic carbocycles. The number of aromatic hydroxyl groups is 1. The first-order chi connectivity index (χ1) is 6.09. The average molecular weight is 182 g/mol. The first-order valence-corrected chi connectivity index (χ1v) is 3.83. The number of phenols is 1. The zero-order valence-corrected chi connectivity index (χ0v) is 6.62. The van der Waals surface area contributed by atoms with Crippen molar-refractivity contribution in [3.05, 3.63) is 29.1 Å². The van der Waals surface area contributed by atoms with Gasteiger partial charge in [-0.1, -0.05) is 0 Å². The van der Waals surface area contributed by atoms with Crippen molar-refractivity contribution < 1.29 is 19.4 Å². The van der Waals surface area contributed by atoms with Gasteiger partial charge in [0.25, 0.3) is 0 Å². The fourth-order valence-electron chi connectivity index (χ4n) is 1.54. The van der Waals surface area contributed by atoms with Gasteiger partial charge in [-0.25, -0.2) is 4.39 Å². The van der Waals surface area contributed by atoms with Gasteiger partial charge in [0.15, 0.2) is 11.6 Å². The zero-order chi connectivity index (χ0) is 9.59. The highest BCUT2D eigenvalue weighted by molar-refractivity contribution is 5.80. The molecule has 1 aliphatic carbocycles. The molecule has 0 radical (unpaired) electrons. The van der Waals surface area contributed by atoms with Gasteiger partial charge in [0, 0.05) is 0 Å². The first kappa shape index (κ1) is 8.04. The SMILES string of the molecule is O=C(O)C1Cc2cc(F)c(O)cc21. The van der Waals surface area contributed by atoms with Crippen LogP contribution in [0.4, 0.5) is 4.39 Å². The number of phenolic OH excluding ortho intramolecular Hbond substituents is 1. The molecule has 0 bridgehead atoms. The van der Waals surface area contributed by atoms with Gasteiger partial charge in [-0.3, -0.25) is 4.79 Å². The number of aliphatic carboxylic acids is 1. The summed E-state index contributed by atoms with van der Waals surface area (Å²) in [5, 5.41) is 17.7. The molecule has 1 unspecified atom stereocenters. The van der Waals surface area contributed by atoms with Crippen molar-refractivity contribution in [1.82, 2.24) is 0 Å². The Hall–Kier alpha value is -1.58. The molecule has 1 atom stereocenters. The van der Waals surface area contributed by atoms with E-state index in [2.05, 4.69) is 0 Å². The van der Waals surface area contributed by atoms with Crippen molar-refractivity contribution in [2.45, 2.75) is 12.3 Å². The highest BCUT2D eigenvalue weighted by Gasteiger charge is 2.33. The summed E-state index contributed by atoms with van der Waals surface area (Å²) in [4.78, 5) is 10.6. The van der Waals surface area contributed by atoms with E-state index in [4.69, 9.17) is 10.2 Å². The number of hydrogen-bond acceptors (Lipinski definition) is 2. The Bertz CT molecular complexity index is 387. The van der Waals surface area contributed by atoms with Crippen LogP contribution in [-0.2, 0) is 11.2 Å². The van der Waals surface area contributed by atoms with Crippen molar-refractivity contribution in [1.29, 1.82) is 0 Å². The van der Waals surface area contributed by atoms with E-state index in [1.807, 2.05) is 0 Å². The second kappa shape index (κ2) is 2.45. The molecule has 0 saturated carbocycles. The summed E-state index contributed by atoms with van der Waals surface area (Å²) in [6.45, 7) is 0. The summed E-state index contributed by atoms with van der Waals surface area (Å²) in [6.07, 6.45) is 0.349. The summed E-state index contributed by atoms with van der Waals surface area (Å²) in [7, 11) is 0. The lowest BCUT2D eigenvalue weighted by Gasteiger charge is -2.26. The normalized spacial score (nSPS) is 19.0. The molecular weight excluding hydrogens is 175 g/mol. The van der Waals surface area contributed by atoms with Crippen LogP contribution in [0.1, 0.15) is 17.0 Å². The summed E-state index contributed by atoms with van der Waals surface area (Å²) >= 11 is 0. The molecule has 1 aromatic rings. The van der Waals surface area contributed by atoms with E-state index < -0.39 is 23.5 Å². The van der Waals surface area contributed by atoms with E-state index in [0.717, 1.165) is 0 Å². The second-order valence-electron chi connectivity index (χ2n) is 3.10. The molecule has 0 fully saturated rings. The van der Waals surface area contributed by atoms with Crippen molar-refractivity contribution in [3.63, 3.8) is 0 Å². The van der Waals surface area contributed by atoms with Crippen LogP contribution in [0.2, 0.25) is 0 Å². The van der Waals surface area contributed by atoms with Gasteiger partial charge in [0.2, 0.25) is 0 Å². The predicted molar refractivity (Wildman–Crippen MR) is 42.1 cm³/mol. The number of fused-ring (bicyclic) bond motifs is 1. The van der Waals surface area contributed by atoms with E-state index >= 15 is 0 Å². The average Bonchev–Trinajstić information content (AvgIpc) is 2.03. The van der Waals surface area contributed by atoms with Crippen molar-refractivity contribution in [3.8, 4) is 5.75 Å². The molecule has 3 nitrogen and oxygen atoms in total. The Balaban J connectivity index is 2.43. The number of hydrogen-bond donors (Lipinski definition) is 2. The molecule has 0 saturated heterocycles. The van der Waals surface area contributed by atoms with Gasteiger partial charge in [-0.15, -0.1) is 0 Å². The number of benzene rings is 1. The number of carbonyl (C=O) groups is 1. The Morgan fingerprint density at radius 2 is 2.23 bits per heavy atom. The van der Waals surface area contributed by atoms with Gasteiger partial charge < -0.3 is 10.2 Å². The van der Waals surface area contributed by atoms with Crippen LogP contribution in [0, 0.1) is 5.82 Å². The number of halogens is 1. The van der Waals surface area contributed by atoms with Crippen molar-refractivity contribution in [2.24, 2.45) is 0 Å². The highest BCUT2D eigenvalue weighted by Crippen LogP contribution is 2.38. The smallest absolute Gasteiger partial charge is 0.311 e. The lowest BCUT2D eigenvalue weighted by molar-refractivity contribution is -0.139. The van der Waals surface area contributed by atoms with Gasteiger partial charge >= 0.3 is 5.97 Å². The maximum atomic E-state index is 12.7. The fourth-order valence-corrected chi connectivity index (χ4v) is 1.54. The summed E-state index contributed by atoms with van der Waals surface area (Å²) in [5.41, 5.74) is 1.19. The van der Waals surface area contributed by atoms with E-state index in [9.17, 15) is 9.18 Å². The van der Waals surface area contributed by atoms with E-state index in [0.29, 0.717) is 17.5 Å². The molecule has 0 aliphatic heterocycles. The number of rotatable bonds is 1. The molecule has 2 rings (SSSR count). The summed E-state index contributed by atoms with van der Waals surface area (Å²) in [5.74, 6) is -2.69. The molecule has 0 heterocycles. The molecule has 4 heteroatoms. The monoisotopic (exact) mass is 182 g/mol. The van der Waals surface area contributed by atoms with Crippen LogP contribution >= 0.6 is 0 Å². The van der Waals surface area contributed by atoms with Crippen LogP contribution < -0.4 is 0 Å². The number of carboxylic acids is 1. The van der Waals surface area contributed by atoms with Crippen molar-refractivity contribution >= 4 is 5.97 Å². The van der Waals surface area contributed by atoms with Gasteiger partial charge in [0.1, 0.15) is 0 Å². The Morgan fingerprint density at radius 3 is 2.85 bits per heavy atom. The standard InChI is InChI=1S/C9H7FO3/c10-7-2-4-1-6(9(12)13)5(4)3-8(7)11/h2-3,6,11H,1H2,(H,12,13). The molecule has 68 valence electrons. The molecule has 0 spiro atoms. The highest BCUT2D eigenvalue weighted by atomic mass is 19.1. The summed E-state index contributed by atoms with van der Waals surface area (Å²) < 4.78 is 12.7. The lowest BCUT2D eigenvalue weighted by Crippen LogP contribution is -2.24. The van der Waals surface area contributed by atoms with Crippen LogP contribution in [0.15, 0.2) is 12.1 Å². The molecule has 0 aromatic heterocycles. The third-order valence-corrected chi connectivity index (χ3v) is 2.31. The minimum Gasteiger partial charge on any atom is -0.505 e. The summed E-state index contributed by atoms with van der Waals surface area (Å²) in [6, 6.07) is 2.37. The van der Waals surface area contributed by atoms with E-state index in [-0.39, 0.29) is 0 Å².